The largest absolute Gasteiger partial charge is 0.462 e. The number of aromatic nitrogens is 3. The highest BCUT2D eigenvalue weighted by atomic mass is 19.4. The second-order valence-electron chi connectivity index (χ2n) is 7.24. The molecule has 0 atom stereocenters. The summed E-state index contributed by atoms with van der Waals surface area (Å²) in [7, 11) is 1.44. The molecule has 0 N–H and O–H groups in total. The fourth-order valence-electron chi connectivity index (χ4n) is 3.45. The number of carbonyl (C=O) groups is 2. The van der Waals surface area contributed by atoms with Crippen molar-refractivity contribution in [1.82, 2.24) is 14.0 Å². The highest BCUT2D eigenvalue weighted by Gasteiger charge is 2.31. The van der Waals surface area contributed by atoms with Gasteiger partial charge in [0.1, 0.15) is 16.9 Å². The maximum Gasteiger partial charge on any atom is 0.416 e. The van der Waals surface area contributed by atoms with E-state index < -0.39 is 29.2 Å². The first kappa shape index (κ1) is 22.9. The van der Waals surface area contributed by atoms with E-state index in [0.717, 1.165) is 12.1 Å². The molecule has 0 spiro atoms. The molecule has 3 heterocycles. The summed E-state index contributed by atoms with van der Waals surface area (Å²) >= 11 is 0. The number of pyridine rings is 2. The van der Waals surface area contributed by atoms with E-state index in [1.807, 2.05) is 0 Å². The lowest BCUT2D eigenvalue weighted by Gasteiger charge is -2.11. The molecule has 0 aliphatic rings. The Hall–Kier alpha value is -4.28. The molecular formula is C23H17F3N4O4. The van der Waals surface area contributed by atoms with Crippen LogP contribution in [0.3, 0.4) is 0 Å². The van der Waals surface area contributed by atoms with Crippen molar-refractivity contribution in [3.8, 4) is 0 Å². The number of ether oxygens (including phenoxy) is 1. The molecule has 1 amide bonds. The van der Waals surface area contributed by atoms with E-state index in [-0.39, 0.29) is 34.3 Å². The van der Waals surface area contributed by atoms with Gasteiger partial charge in [0.15, 0.2) is 5.49 Å². The van der Waals surface area contributed by atoms with Gasteiger partial charge in [0.25, 0.3) is 11.5 Å². The number of nitrogens with zero attached hydrogens (tertiary/aromatic N) is 4. The van der Waals surface area contributed by atoms with Gasteiger partial charge in [-0.2, -0.15) is 18.2 Å². The molecule has 0 aliphatic heterocycles. The topological polar surface area (TPSA) is 95.0 Å². The molecule has 0 saturated carbocycles. The highest BCUT2D eigenvalue weighted by molar-refractivity contribution is 5.97. The minimum absolute atomic E-state index is 0.0105. The lowest BCUT2D eigenvalue weighted by atomic mass is 10.1. The normalized spacial score (nSPS) is 12.3. The second-order valence-corrected chi connectivity index (χ2v) is 7.24. The number of esters is 1. The van der Waals surface area contributed by atoms with E-state index in [2.05, 4.69) is 9.98 Å². The molecule has 0 fully saturated rings. The molecule has 1 aromatic carbocycles. The predicted octanol–water partition coefficient (Wildman–Crippen LogP) is 3.12. The number of alkyl halides is 3. The summed E-state index contributed by atoms with van der Waals surface area (Å²) in [5.41, 5.74) is -1.76. The van der Waals surface area contributed by atoms with Crippen molar-refractivity contribution >= 4 is 28.6 Å². The summed E-state index contributed by atoms with van der Waals surface area (Å²) in [5.74, 6) is -1.86. The second kappa shape index (κ2) is 8.58. The third-order valence-electron chi connectivity index (χ3n) is 5.05. The number of rotatable bonds is 3. The Kier molecular flexibility index (Phi) is 5.78. The fourth-order valence-corrected chi connectivity index (χ4v) is 3.45. The van der Waals surface area contributed by atoms with Gasteiger partial charge in [-0.3, -0.25) is 14.0 Å². The number of hydrogen-bond acceptors (Lipinski definition) is 5. The number of carbonyl (C=O) groups excluding carboxylic acids is 2. The maximum atomic E-state index is 13.1. The zero-order chi connectivity index (χ0) is 24.6. The standard InChI is InChI=1S/C23H17F3N4O4/c1-3-34-22(33)16-12-15-18(27-17-9-4-5-10-30(17)21(15)32)29(2)19(16)28-20(31)13-7-6-8-14(11-13)23(24,25)26/h4-12H,3H2,1-2H3. The van der Waals surface area contributed by atoms with E-state index >= 15 is 0 Å². The molecule has 0 radical (unpaired) electrons. The van der Waals surface area contributed by atoms with Crippen molar-refractivity contribution in [2.45, 2.75) is 13.1 Å². The number of aryl methyl sites for hydroxylation is 1. The monoisotopic (exact) mass is 470 g/mol. The smallest absolute Gasteiger partial charge is 0.416 e. The van der Waals surface area contributed by atoms with Gasteiger partial charge in [-0.1, -0.05) is 12.1 Å². The molecule has 0 unspecified atom stereocenters. The quantitative estimate of drug-likeness (QED) is 0.339. The predicted molar refractivity (Wildman–Crippen MR) is 115 cm³/mol. The molecule has 4 rings (SSSR count). The van der Waals surface area contributed by atoms with Crippen LogP contribution in [0.2, 0.25) is 0 Å². The van der Waals surface area contributed by atoms with E-state index in [1.54, 1.807) is 25.1 Å². The third kappa shape index (κ3) is 4.07. The van der Waals surface area contributed by atoms with Crippen LogP contribution >= 0.6 is 0 Å². The van der Waals surface area contributed by atoms with Crippen LogP contribution in [-0.2, 0) is 18.0 Å². The molecule has 8 nitrogen and oxygen atoms in total. The molecule has 4 aromatic rings. The Bertz CT molecular complexity index is 1590. The van der Waals surface area contributed by atoms with E-state index in [9.17, 15) is 27.6 Å². The van der Waals surface area contributed by atoms with Gasteiger partial charge in [-0.15, -0.1) is 0 Å². The summed E-state index contributed by atoms with van der Waals surface area (Å²) in [6, 6.07) is 9.94. The average Bonchev–Trinajstić information content (AvgIpc) is 2.81. The van der Waals surface area contributed by atoms with Crippen LogP contribution < -0.4 is 11.0 Å². The third-order valence-corrected chi connectivity index (χ3v) is 5.05. The molecule has 0 saturated heterocycles. The van der Waals surface area contributed by atoms with E-state index in [1.165, 1.54) is 34.3 Å². The lowest BCUT2D eigenvalue weighted by Crippen LogP contribution is -2.31. The van der Waals surface area contributed by atoms with Crippen LogP contribution in [0.4, 0.5) is 13.2 Å². The lowest BCUT2D eigenvalue weighted by molar-refractivity contribution is -0.137. The first-order valence-corrected chi connectivity index (χ1v) is 10.1. The minimum atomic E-state index is -4.65. The van der Waals surface area contributed by atoms with E-state index in [0.29, 0.717) is 11.7 Å². The van der Waals surface area contributed by atoms with Crippen molar-refractivity contribution in [3.05, 3.63) is 87.3 Å². The van der Waals surface area contributed by atoms with Gasteiger partial charge in [-0.25, -0.2) is 9.78 Å². The van der Waals surface area contributed by atoms with Gasteiger partial charge in [0.2, 0.25) is 0 Å². The Labute approximate surface area is 189 Å². The van der Waals surface area contributed by atoms with Crippen molar-refractivity contribution in [1.29, 1.82) is 0 Å². The molecule has 34 heavy (non-hydrogen) atoms. The number of amides is 1. The van der Waals surface area contributed by atoms with Crippen molar-refractivity contribution < 1.29 is 27.5 Å². The Balaban J connectivity index is 2.01. The summed E-state index contributed by atoms with van der Waals surface area (Å²) < 4.78 is 46.8. The van der Waals surface area contributed by atoms with Crippen LogP contribution in [0.1, 0.15) is 33.2 Å². The molecule has 174 valence electrons. The van der Waals surface area contributed by atoms with Gasteiger partial charge in [0.05, 0.1) is 17.6 Å². The van der Waals surface area contributed by atoms with Crippen LogP contribution in [-0.4, -0.2) is 32.4 Å². The SMILES string of the molecule is CCOC(=O)c1cc2c(=O)n3ccccc3nc2n(C)c1=NC(=O)c1cccc(C(F)(F)F)c1. The van der Waals surface area contributed by atoms with Crippen LogP contribution in [0.5, 0.6) is 0 Å². The zero-order valence-corrected chi connectivity index (χ0v) is 18.0. The fraction of sp³-hybridized carbons (Fsp3) is 0.174. The number of benzene rings is 1. The summed E-state index contributed by atoms with van der Waals surface area (Å²) in [4.78, 5) is 46.8. The number of hydrogen-bond donors (Lipinski definition) is 0. The minimum Gasteiger partial charge on any atom is -0.462 e. The summed E-state index contributed by atoms with van der Waals surface area (Å²) in [5, 5.41) is 0.0692. The zero-order valence-electron chi connectivity index (χ0n) is 18.0. The number of halogens is 3. The molecular weight excluding hydrogens is 453 g/mol. The van der Waals surface area contributed by atoms with Gasteiger partial charge in [-0.05, 0) is 43.3 Å². The average molecular weight is 470 g/mol. The molecule has 0 aliphatic carbocycles. The van der Waals surface area contributed by atoms with Crippen molar-refractivity contribution in [3.63, 3.8) is 0 Å². The summed E-state index contributed by atoms with van der Waals surface area (Å²) in [6.45, 7) is 1.59. The maximum absolute atomic E-state index is 13.1. The van der Waals surface area contributed by atoms with Crippen LogP contribution in [0.25, 0.3) is 16.7 Å². The van der Waals surface area contributed by atoms with Gasteiger partial charge in [0, 0.05) is 18.8 Å². The van der Waals surface area contributed by atoms with E-state index in [4.69, 9.17) is 4.74 Å². The molecule has 0 bridgehead atoms. The van der Waals surface area contributed by atoms with Crippen molar-refractivity contribution in [2.24, 2.45) is 12.0 Å². The molecule has 11 heteroatoms. The highest BCUT2D eigenvalue weighted by Crippen LogP contribution is 2.29. The van der Waals surface area contributed by atoms with Crippen LogP contribution in [0.15, 0.2) is 64.5 Å². The number of fused-ring (bicyclic) bond motifs is 2. The Morgan fingerprint density at radius 2 is 1.88 bits per heavy atom. The first-order chi connectivity index (χ1) is 16.1. The Morgan fingerprint density at radius 3 is 2.59 bits per heavy atom. The Morgan fingerprint density at radius 1 is 1.12 bits per heavy atom. The van der Waals surface area contributed by atoms with Crippen LogP contribution in [0, 0.1) is 0 Å². The van der Waals surface area contributed by atoms with Gasteiger partial charge < -0.3 is 9.30 Å². The van der Waals surface area contributed by atoms with Crippen molar-refractivity contribution in [2.75, 3.05) is 6.61 Å². The molecule has 3 aromatic heterocycles. The van der Waals surface area contributed by atoms with Gasteiger partial charge >= 0.3 is 12.1 Å². The summed E-state index contributed by atoms with van der Waals surface area (Å²) in [6.07, 6.45) is -3.13. The first-order valence-electron chi connectivity index (χ1n) is 10.1.